The summed E-state index contributed by atoms with van der Waals surface area (Å²) in [4.78, 5) is 13.2. The monoisotopic (exact) mass is 389 g/mol. The van der Waals surface area contributed by atoms with Crippen molar-refractivity contribution in [3.05, 3.63) is 47.1 Å². The van der Waals surface area contributed by atoms with Crippen LogP contribution in [0.15, 0.2) is 41.3 Å². The van der Waals surface area contributed by atoms with E-state index in [1.807, 2.05) is 18.2 Å². The average Bonchev–Trinajstić information content (AvgIpc) is 2.98. The summed E-state index contributed by atoms with van der Waals surface area (Å²) in [6.45, 7) is 3.82. The first-order valence-corrected chi connectivity index (χ1v) is 8.64. The lowest BCUT2D eigenvalue weighted by Crippen LogP contribution is -2.44. The van der Waals surface area contributed by atoms with E-state index < -0.39 is 0 Å². The molecule has 0 N–H and O–H groups in total. The number of hydrogen-bond donors (Lipinski definition) is 0. The minimum atomic E-state index is -0.271. The standard InChI is InChI=1S/C17H17BrFN5/c1-22-6-8-23(9-7-22)12-2-4-15(13(19)10-12)24-11-20-14-3-5-16(18)21-17(14)24/h2-5,10-11H,6-9H2,1H3. The maximum absolute atomic E-state index is 14.7. The molecule has 0 amide bonds. The Kier molecular flexibility index (Phi) is 3.97. The van der Waals surface area contributed by atoms with Gasteiger partial charge in [-0.15, -0.1) is 0 Å². The second kappa shape index (κ2) is 6.14. The summed E-state index contributed by atoms with van der Waals surface area (Å²) in [5.74, 6) is -0.271. The normalized spacial score (nSPS) is 16.0. The Balaban J connectivity index is 1.70. The molecule has 4 rings (SSSR count). The molecule has 3 heterocycles. The molecule has 1 aromatic carbocycles. The molecule has 0 spiro atoms. The Morgan fingerprint density at radius 1 is 1.08 bits per heavy atom. The van der Waals surface area contributed by atoms with Gasteiger partial charge >= 0.3 is 0 Å². The Bertz CT molecular complexity index is 886. The van der Waals surface area contributed by atoms with E-state index in [9.17, 15) is 4.39 Å². The van der Waals surface area contributed by atoms with E-state index in [0.29, 0.717) is 15.9 Å². The van der Waals surface area contributed by atoms with Gasteiger partial charge in [0.05, 0.1) is 5.69 Å². The van der Waals surface area contributed by atoms with Gasteiger partial charge in [-0.1, -0.05) is 0 Å². The van der Waals surface area contributed by atoms with Crippen LogP contribution in [0, 0.1) is 5.82 Å². The van der Waals surface area contributed by atoms with Crippen molar-refractivity contribution in [2.75, 3.05) is 38.1 Å². The van der Waals surface area contributed by atoms with E-state index >= 15 is 0 Å². The molecular formula is C17H17BrFN5. The molecule has 124 valence electrons. The van der Waals surface area contributed by atoms with Crippen molar-refractivity contribution in [2.24, 2.45) is 0 Å². The predicted octanol–water partition coefficient (Wildman–Crippen LogP) is 3.07. The minimum absolute atomic E-state index is 0.271. The number of nitrogens with zero attached hydrogens (tertiary/aromatic N) is 5. The van der Waals surface area contributed by atoms with Crippen LogP contribution in [0.1, 0.15) is 0 Å². The number of halogens is 2. The van der Waals surface area contributed by atoms with Crippen molar-refractivity contribution in [3.63, 3.8) is 0 Å². The summed E-state index contributed by atoms with van der Waals surface area (Å²) in [6, 6.07) is 9.05. The van der Waals surface area contributed by atoms with Crippen LogP contribution >= 0.6 is 15.9 Å². The molecule has 1 aliphatic rings. The summed E-state index contributed by atoms with van der Waals surface area (Å²) >= 11 is 3.35. The number of hydrogen-bond acceptors (Lipinski definition) is 4. The predicted molar refractivity (Wildman–Crippen MR) is 96.2 cm³/mol. The van der Waals surface area contributed by atoms with Crippen LogP contribution in [0.25, 0.3) is 16.9 Å². The molecule has 1 aliphatic heterocycles. The first-order chi connectivity index (χ1) is 11.6. The zero-order valence-electron chi connectivity index (χ0n) is 13.3. The van der Waals surface area contributed by atoms with Crippen molar-refractivity contribution in [1.82, 2.24) is 19.4 Å². The fourth-order valence-corrected chi connectivity index (χ4v) is 3.30. The van der Waals surface area contributed by atoms with Crippen molar-refractivity contribution >= 4 is 32.8 Å². The number of imidazole rings is 1. The van der Waals surface area contributed by atoms with Crippen molar-refractivity contribution < 1.29 is 4.39 Å². The van der Waals surface area contributed by atoms with E-state index in [2.05, 4.69) is 42.7 Å². The lowest BCUT2D eigenvalue weighted by molar-refractivity contribution is 0.313. The molecule has 3 aromatic rings. The van der Waals surface area contributed by atoms with Crippen LogP contribution in [0.5, 0.6) is 0 Å². The first-order valence-electron chi connectivity index (χ1n) is 7.85. The summed E-state index contributed by atoms with van der Waals surface area (Å²) in [6.07, 6.45) is 1.61. The van der Waals surface area contributed by atoms with Crippen molar-refractivity contribution in [3.8, 4) is 5.69 Å². The number of benzene rings is 1. The number of aromatic nitrogens is 3. The zero-order chi connectivity index (χ0) is 16.7. The van der Waals surface area contributed by atoms with Gasteiger partial charge in [0.15, 0.2) is 5.65 Å². The summed E-state index contributed by atoms with van der Waals surface area (Å²) in [5, 5.41) is 0. The lowest BCUT2D eigenvalue weighted by Gasteiger charge is -2.34. The van der Waals surface area contributed by atoms with E-state index in [-0.39, 0.29) is 5.82 Å². The SMILES string of the molecule is CN1CCN(c2ccc(-n3cnc4ccc(Br)nc43)c(F)c2)CC1. The Morgan fingerprint density at radius 2 is 1.88 bits per heavy atom. The second-order valence-corrected chi connectivity index (χ2v) is 6.83. The maximum Gasteiger partial charge on any atom is 0.165 e. The van der Waals surface area contributed by atoms with Crippen LogP contribution in [0.2, 0.25) is 0 Å². The smallest absolute Gasteiger partial charge is 0.165 e. The van der Waals surface area contributed by atoms with Gasteiger partial charge in [0.1, 0.15) is 22.3 Å². The van der Waals surface area contributed by atoms with Crippen LogP contribution in [-0.4, -0.2) is 52.7 Å². The highest BCUT2D eigenvalue weighted by Crippen LogP contribution is 2.25. The highest BCUT2D eigenvalue weighted by atomic mass is 79.9. The largest absolute Gasteiger partial charge is 0.369 e. The highest BCUT2D eigenvalue weighted by Gasteiger charge is 2.17. The molecule has 1 saturated heterocycles. The Morgan fingerprint density at radius 3 is 2.62 bits per heavy atom. The third-order valence-electron chi connectivity index (χ3n) is 4.42. The molecule has 0 radical (unpaired) electrons. The number of anilines is 1. The zero-order valence-corrected chi connectivity index (χ0v) is 14.9. The van der Waals surface area contributed by atoms with E-state index in [1.165, 1.54) is 0 Å². The molecule has 0 atom stereocenters. The average molecular weight is 390 g/mol. The van der Waals surface area contributed by atoms with Gasteiger partial charge in [0.25, 0.3) is 0 Å². The molecule has 0 unspecified atom stereocenters. The van der Waals surface area contributed by atoms with Gasteiger partial charge in [-0.05, 0) is 53.3 Å². The highest BCUT2D eigenvalue weighted by molar-refractivity contribution is 9.10. The van der Waals surface area contributed by atoms with Crippen molar-refractivity contribution in [2.45, 2.75) is 0 Å². The molecule has 1 fully saturated rings. The van der Waals surface area contributed by atoms with Crippen LogP contribution < -0.4 is 4.90 Å². The summed E-state index contributed by atoms with van der Waals surface area (Å²) < 4.78 is 17.1. The summed E-state index contributed by atoms with van der Waals surface area (Å²) in [5.41, 5.74) is 2.75. The molecule has 24 heavy (non-hydrogen) atoms. The topological polar surface area (TPSA) is 37.2 Å². The van der Waals surface area contributed by atoms with Crippen molar-refractivity contribution in [1.29, 1.82) is 0 Å². The minimum Gasteiger partial charge on any atom is -0.369 e. The molecule has 0 aliphatic carbocycles. The quantitative estimate of drug-likeness (QED) is 0.631. The number of piperazine rings is 1. The van der Waals surface area contributed by atoms with Gasteiger partial charge in [-0.2, -0.15) is 0 Å². The first kappa shape index (κ1) is 15.5. The maximum atomic E-state index is 14.7. The lowest BCUT2D eigenvalue weighted by atomic mass is 10.2. The number of likely N-dealkylation sites (N-methyl/N-ethyl adjacent to an activating group) is 1. The number of pyridine rings is 1. The molecule has 7 heteroatoms. The van der Waals surface area contributed by atoms with E-state index in [4.69, 9.17) is 0 Å². The van der Waals surface area contributed by atoms with Crippen LogP contribution in [0.4, 0.5) is 10.1 Å². The Labute approximate surface area is 147 Å². The fraction of sp³-hybridized carbons (Fsp3) is 0.294. The van der Waals surface area contributed by atoms with E-state index in [0.717, 1.165) is 37.4 Å². The third-order valence-corrected chi connectivity index (χ3v) is 4.86. The van der Waals surface area contributed by atoms with Gasteiger partial charge < -0.3 is 9.80 Å². The number of fused-ring (bicyclic) bond motifs is 1. The third kappa shape index (κ3) is 2.78. The molecular weight excluding hydrogens is 373 g/mol. The second-order valence-electron chi connectivity index (χ2n) is 6.02. The van der Waals surface area contributed by atoms with Crippen LogP contribution in [0.3, 0.4) is 0 Å². The fourth-order valence-electron chi connectivity index (χ4n) is 3.00. The van der Waals surface area contributed by atoms with Gasteiger partial charge in [0, 0.05) is 31.9 Å². The molecule has 0 saturated carbocycles. The molecule has 5 nitrogen and oxygen atoms in total. The Hall–Kier alpha value is -1.99. The molecule has 2 aromatic heterocycles. The molecule has 0 bridgehead atoms. The van der Waals surface area contributed by atoms with Gasteiger partial charge in [-0.25, -0.2) is 14.4 Å². The summed E-state index contributed by atoms with van der Waals surface area (Å²) in [7, 11) is 2.11. The van der Waals surface area contributed by atoms with Gasteiger partial charge in [-0.3, -0.25) is 4.57 Å². The van der Waals surface area contributed by atoms with Gasteiger partial charge in [0.2, 0.25) is 0 Å². The van der Waals surface area contributed by atoms with E-state index in [1.54, 1.807) is 23.0 Å². The number of rotatable bonds is 2. The van der Waals surface area contributed by atoms with Crippen LogP contribution in [-0.2, 0) is 0 Å².